The van der Waals surface area contributed by atoms with Gasteiger partial charge in [-0.1, -0.05) is 47.5 Å². The van der Waals surface area contributed by atoms with Gasteiger partial charge in [-0.25, -0.2) is 4.98 Å². The summed E-state index contributed by atoms with van der Waals surface area (Å²) in [6.45, 7) is 15.4. The molecule has 0 saturated carbocycles. The minimum Gasteiger partial charge on any atom is -0.508 e. The highest BCUT2D eigenvalue weighted by Crippen LogP contribution is 2.60. The van der Waals surface area contributed by atoms with Crippen LogP contribution in [-0.2, 0) is 10.8 Å². The van der Waals surface area contributed by atoms with E-state index in [4.69, 9.17) is 23.4 Å². The van der Waals surface area contributed by atoms with Crippen molar-refractivity contribution in [2.75, 3.05) is 46.3 Å². The van der Waals surface area contributed by atoms with Gasteiger partial charge in [0.15, 0.2) is 25.5 Å². The van der Waals surface area contributed by atoms with Gasteiger partial charge in [0.2, 0.25) is 5.78 Å². The second kappa shape index (κ2) is 13.2. The molecule has 11 nitrogen and oxygen atoms in total. The number of unbranched alkanes of at least 4 members (excludes halogenated alkanes) is 2. The number of nitrogens with zero attached hydrogens (tertiary/aromatic N) is 4. The summed E-state index contributed by atoms with van der Waals surface area (Å²) in [5, 5.41) is 16.7. The number of hydrogen-bond donors (Lipinski definition) is 1. The molecule has 3 aliphatic carbocycles. The summed E-state index contributed by atoms with van der Waals surface area (Å²) < 4.78 is 25.3. The Balaban J connectivity index is 1.78. The predicted octanol–water partition coefficient (Wildman–Crippen LogP) is 6.94. The van der Waals surface area contributed by atoms with Gasteiger partial charge in [-0.05, 0) is 69.0 Å². The zero-order valence-corrected chi connectivity index (χ0v) is 31.7. The van der Waals surface area contributed by atoms with Crippen LogP contribution >= 0.6 is 0 Å². The predicted molar refractivity (Wildman–Crippen MR) is 187 cm³/mol. The largest absolute Gasteiger partial charge is 0.508 e. The SMILES string of the molecule is CCCCOc1cnc(N(C)C)c2c1C(=O)C1=C(O)[C@]3(O[Si](C)(C)C(C)(C)C)C(=O)c4c(OCCCC)noc4[C@@H](N(C)C)[C@@H]3C[C@@H]1C2. The maximum Gasteiger partial charge on any atom is 0.265 e. The topological polar surface area (TPSA) is 127 Å². The number of aliphatic hydroxyl groups excluding tert-OH is 1. The quantitative estimate of drug-likeness (QED) is 0.185. The van der Waals surface area contributed by atoms with Crippen molar-refractivity contribution in [2.45, 2.75) is 103 Å². The van der Waals surface area contributed by atoms with E-state index >= 15 is 4.79 Å². The summed E-state index contributed by atoms with van der Waals surface area (Å²) in [5.74, 6) is -0.528. The minimum absolute atomic E-state index is 0.0977. The van der Waals surface area contributed by atoms with E-state index in [-0.39, 0.29) is 33.6 Å². The van der Waals surface area contributed by atoms with Gasteiger partial charge in [0.25, 0.3) is 5.88 Å². The van der Waals surface area contributed by atoms with Crippen molar-refractivity contribution in [2.24, 2.45) is 11.8 Å². The zero-order valence-electron chi connectivity index (χ0n) is 30.7. The molecule has 48 heavy (non-hydrogen) atoms. The van der Waals surface area contributed by atoms with Gasteiger partial charge in [0.1, 0.15) is 22.9 Å². The number of allylic oxidation sites excluding steroid dienone is 1. The fourth-order valence-electron chi connectivity index (χ4n) is 7.23. The number of pyridine rings is 1. The van der Waals surface area contributed by atoms with Crippen LogP contribution in [0.2, 0.25) is 18.1 Å². The van der Waals surface area contributed by atoms with Crippen LogP contribution in [0.1, 0.15) is 105 Å². The highest BCUT2D eigenvalue weighted by atomic mass is 28.4. The molecule has 0 amide bonds. The van der Waals surface area contributed by atoms with Crippen molar-refractivity contribution >= 4 is 25.7 Å². The Bertz CT molecular complexity index is 1590. The van der Waals surface area contributed by atoms with E-state index in [9.17, 15) is 9.90 Å². The molecule has 0 bridgehead atoms. The van der Waals surface area contributed by atoms with E-state index in [1.54, 1.807) is 6.20 Å². The first kappa shape index (κ1) is 36.1. The van der Waals surface area contributed by atoms with E-state index in [0.717, 1.165) is 31.2 Å². The van der Waals surface area contributed by atoms with Crippen LogP contribution in [0.5, 0.6) is 11.6 Å². The molecule has 0 aromatic carbocycles. The number of carbonyl (C=O) groups is 2. The van der Waals surface area contributed by atoms with Crippen LogP contribution in [-0.4, -0.2) is 87.0 Å². The molecule has 0 aliphatic heterocycles. The van der Waals surface area contributed by atoms with Crippen molar-refractivity contribution in [3.05, 3.63) is 40.0 Å². The summed E-state index contributed by atoms with van der Waals surface area (Å²) >= 11 is 0. The molecule has 0 radical (unpaired) electrons. The molecule has 1 N–H and O–H groups in total. The minimum atomic E-state index is -2.79. The molecule has 0 spiro atoms. The number of aliphatic hydroxyl groups is 1. The number of anilines is 1. The number of aromatic nitrogens is 2. The number of carbonyl (C=O) groups excluding carboxylic acids is 2. The first-order valence-electron chi connectivity index (χ1n) is 17.4. The summed E-state index contributed by atoms with van der Waals surface area (Å²) in [7, 11) is 4.86. The van der Waals surface area contributed by atoms with Gasteiger partial charge in [-0.2, -0.15) is 0 Å². The standard InChI is InChI=1S/C36H54N4O7Si/c1-12-14-16-44-24-20-37-33(40(8)9)22-18-21-19-23-28(39(6)7)30-27(34(38-46-30)45-17-15-13-2)32(43)36(23,47-48(10,11)35(3,4)5)31(42)25(21)29(41)26(22)24/h20-21,23,28,42H,12-19H2,1-11H3/t21-,23-,28-,36-/m0/s1. The molecule has 264 valence electrons. The smallest absolute Gasteiger partial charge is 0.265 e. The van der Waals surface area contributed by atoms with E-state index in [1.165, 1.54) is 0 Å². The van der Waals surface area contributed by atoms with E-state index in [0.29, 0.717) is 48.9 Å². The Hall–Kier alpha value is -3.22. The highest BCUT2D eigenvalue weighted by Gasteiger charge is 2.67. The van der Waals surface area contributed by atoms with Gasteiger partial charge in [0, 0.05) is 31.1 Å². The molecule has 2 aromatic rings. The fraction of sp³-hybridized carbons (Fsp3) is 0.667. The van der Waals surface area contributed by atoms with Gasteiger partial charge in [-0.3, -0.25) is 14.5 Å². The van der Waals surface area contributed by atoms with Gasteiger partial charge >= 0.3 is 0 Å². The van der Waals surface area contributed by atoms with Gasteiger partial charge in [-0.15, -0.1) is 0 Å². The van der Waals surface area contributed by atoms with E-state index in [1.807, 2.05) is 38.0 Å². The van der Waals surface area contributed by atoms with Crippen LogP contribution in [0.3, 0.4) is 0 Å². The molecule has 12 heteroatoms. The number of ketones is 2. The lowest BCUT2D eigenvalue weighted by Gasteiger charge is -2.55. The van der Waals surface area contributed by atoms with Crippen molar-refractivity contribution < 1.29 is 33.1 Å². The molecule has 2 heterocycles. The first-order chi connectivity index (χ1) is 22.5. The van der Waals surface area contributed by atoms with Gasteiger partial charge in [0.05, 0.1) is 31.0 Å². The van der Waals surface area contributed by atoms with Crippen LogP contribution in [0.4, 0.5) is 5.82 Å². The molecule has 0 saturated heterocycles. The van der Waals surface area contributed by atoms with Crippen molar-refractivity contribution in [1.82, 2.24) is 15.0 Å². The number of ether oxygens (including phenoxy) is 2. The van der Waals surface area contributed by atoms with Crippen LogP contribution in [0.15, 0.2) is 22.1 Å². The fourth-order valence-corrected chi connectivity index (χ4v) is 8.68. The monoisotopic (exact) mass is 682 g/mol. The zero-order chi connectivity index (χ0) is 35.3. The molecular weight excluding hydrogens is 629 g/mol. The van der Waals surface area contributed by atoms with Crippen molar-refractivity contribution in [1.29, 1.82) is 0 Å². The van der Waals surface area contributed by atoms with Crippen molar-refractivity contribution in [3.8, 4) is 11.6 Å². The third-order valence-corrected chi connectivity index (χ3v) is 15.2. The van der Waals surface area contributed by atoms with Gasteiger partial charge < -0.3 is 28.4 Å². The van der Waals surface area contributed by atoms with Crippen LogP contribution in [0.25, 0.3) is 0 Å². The normalized spacial score (nSPS) is 23.9. The summed E-state index contributed by atoms with van der Waals surface area (Å²) in [5.41, 5.74) is -0.275. The Morgan fingerprint density at radius 1 is 1.04 bits per heavy atom. The number of fused-ring (bicyclic) bond motifs is 4. The number of Topliss-reactive ketones (excluding diaryl/α,β-unsaturated/α-hetero) is 2. The average Bonchev–Trinajstić information content (AvgIpc) is 3.41. The summed E-state index contributed by atoms with van der Waals surface area (Å²) in [6, 6.07) is -0.492. The second-order valence-electron chi connectivity index (χ2n) is 15.5. The maximum absolute atomic E-state index is 15.2. The van der Waals surface area contributed by atoms with Crippen molar-refractivity contribution in [3.63, 3.8) is 0 Å². The Labute approximate surface area is 286 Å². The van der Waals surface area contributed by atoms with E-state index in [2.05, 4.69) is 52.9 Å². The van der Waals surface area contributed by atoms with Crippen LogP contribution in [0, 0.1) is 11.8 Å². The van der Waals surface area contributed by atoms with E-state index < -0.39 is 37.6 Å². The number of hydrogen-bond acceptors (Lipinski definition) is 11. The molecule has 2 aromatic heterocycles. The second-order valence-corrected chi connectivity index (χ2v) is 20.2. The Kier molecular flexibility index (Phi) is 9.95. The molecule has 4 atom stereocenters. The maximum atomic E-state index is 15.2. The molecular formula is C36H54N4O7Si. The lowest BCUT2D eigenvalue weighted by molar-refractivity contribution is -0.0480. The third kappa shape index (κ3) is 5.77. The molecule has 3 aliphatic rings. The first-order valence-corrected chi connectivity index (χ1v) is 20.3. The Morgan fingerprint density at radius 3 is 2.27 bits per heavy atom. The third-order valence-electron chi connectivity index (χ3n) is 10.7. The summed E-state index contributed by atoms with van der Waals surface area (Å²) in [4.78, 5) is 38.7. The average molecular weight is 683 g/mol. The number of rotatable bonds is 12. The van der Waals surface area contributed by atoms with Crippen LogP contribution < -0.4 is 14.4 Å². The molecule has 0 fully saturated rings. The summed E-state index contributed by atoms with van der Waals surface area (Å²) in [6.07, 6.45) is 5.89. The highest BCUT2D eigenvalue weighted by molar-refractivity contribution is 6.74. The lowest BCUT2D eigenvalue weighted by Crippen LogP contribution is -2.65. The Morgan fingerprint density at radius 2 is 1.69 bits per heavy atom. The molecule has 5 rings (SSSR count). The lowest BCUT2D eigenvalue weighted by atomic mass is 9.58. The molecule has 0 unspecified atom stereocenters.